The van der Waals surface area contributed by atoms with Crippen LogP contribution in [0.2, 0.25) is 0 Å². The molecule has 0 aromatic rings. The van der Waals surface area contributed by atoms with Crippen LogP contribution in [0.1, 0.15) is 25.7 Å². The highest BCUT2D eigenvalue weighted by Gasteiger charge is 2.45. The average molecular weight is 264 g/mol. The summed E-state index contributed by atoms with van der Waals surface area (Å²) in [6, 6.07) is 2.54. The molecule has 1 heterocycles. The van der Waals surface area contributed by atoms with Crippen molar-refractivity contribution >= 4 is 0 Å². The molecule has 1 saturated heterocycles. The number of nitriles is 1. The molecule has 2 rings (SSSR count). The van der Waals surface area contributed by atoms with Crippen LogP contribution in [0.15, 0.2) is 0 Å². The van der Waals surface area contributed by atoms with E-state index in [0.29, 0.717) is 5.92 Å². The van der Waals surface area contributed by atoms with Gasteiger partial charge in [0.2, 0.25) is 0 Å². The molecule has 1 aliphatic carbocycles. The van der Waals surface area contributed by atoms with Crippen molar-refractivity contribution in [2.24, 2.45) is 11.8 Å². The Hall–Kier alpha value is -0.630. The first kappa shape index (κ1) is 14.8. The van der Waals surface area contributed by atoms with Crippen LogP contribution in [0.4, 0.5) is 0 Å². The minimum atomic E-state index is -0.319. The Morgan fingerprint density at radius 2 is 1.95 bits per heavy atom. The van der Waals surface area contributed by atoms with Gasteiger partial charge in [-0.1, -0.05) is 0 Å². The Labute approximate surface area is 117 Å². The van der Waals surface area contributed by atoms with E-state index in [0.717, 1.165) is 19.0 Å². The van der Waals surface area contributed by atoms with E-state index in [1.54, 1.807) is 0 Å². The monoisotopic (exact) mass is 264 g/mol. The van der Waals surface area contributed by atoms with E-state index in [9.17, 15) is 5.26 Å². The number of hydrogen-bond donors (Lipinski definition) is 1. The van der Waals surface area contributed by atoms with Crippen LogP contribution in [-0.4, -0.2) is 62.7 Å². The van der Waals surface area contributed by atoms with Crippen molar-refractivity contribution in [3.63, 3.8) is 0 Å². The lowest BCUT2D eigenvalue weighted by molar-refractivity contribution is 0.156. The number of nitrogens with zero attached hydrogens (tertiary/aromatic N) is 3. The standard InChI is InChI=1S/C15H28N4/c1-17-15(11-16,14-4-5-14)12-19(3)10-13-6-8-18(2)9-7-13/h13-14,17H,4-10,12H2,1-3H3. The van der Waals surface area contributed by atoms with Gasteiger partial charge in [0.1, 0.15) is 5.54 Å². The molecular weight excluding hydrogens is 236 g/mol. The first-order valence-corrected chi connectivity index (χ1v) is 7.57. The van der Waals surface area contributed by atoms with Gasteiger partial charge in [0.15, 0.2) is 0 Å². The number of likely N-dealkylation sites (N-methyl/N-ethyl adjacent to an activating group) is 2. The van der Waals surface area contributed by atoms with E-state index in [1.807, 2.05) is 7.05 Å². The summed E-state index contributed by atoms with van der Waals surface area (Å²) in [5.41, 5.74) is -0.319. The largest absolute Gasteiger partial charge is 0.306 e. The van der Waals surface area contributed by atoms with Crippen molar-refractivity contribution in [3.05, 3.63) is 0 Å². The Bertz CT molecular complexity index is 326. The van der Waals surface area contributed by atoms with Gasteiger partial charge in [-0.3, -0.25) is 0 Å². The van der Waals surface area contributed by atoms with Crippen LogP contribution in [0.3, 0.4) is 0 Å². The normalized spacial score (nSPS) is 25.2. The number of likely N-dealkylation sites (tertiary alicyclic amines) is 1. The number of piperidine rings is 1. The van der Waals surface area contributed by atoms with Crippen LogP contribution >= 0.6 is 0 Å². The summed E-state index contributed by atoms with van der Waals surface area (Å²) in [5.74, 6) is 1.36. The van der Waals surface area contributed by atoms with Crippen LogP contribution in [0, 0.1) is 23.2 Å². The molecule has 4 heteroatoms. The average Bonchev–Trinajstić information content (AvgIpc) is 3.24. The van der Waals surface area contributed by atoms with Gasteiger partial charge in [-0.25, -0.2) is 0 Å². The maximum atomic E-state index is 9.53. The van der Waals surface area contributed by atoms with E-state index >= 15 is 0 Å². The third kappa shape index (κ3) is 3.68. The minimum absolute atomic E-state index is 0.319. The van der Waals surface area contributed by atoms with Crippen molar-refractivity contribution in [2.75, 3.05) is 47.3 Å². The Kier molecular flexibility index (Phi) is 4.83. The summed E-state index contributed by atoms with van der Waals surface area (Å²) >= 11 is 0. The topological polar surface area (TPSA) is 42.3 Å². The number of nitrogens with one attached hydrogen (secondary N) is 1. The van der Waals surface area contributed by atoms with Crippen LogP contribution in [0.25, 0.3) is 0 Å². The Balaban J connectivity index is 1.83. The summed E-state index contributed by atoms with van der Waals surface area (Å²) in [7, 11) is 6.31. The lowest BCUT2D eigenvalue weighted by Gasteiger charge is -2.35. The summed E-state index contributed by atoms with van der Waals surface area (Å²) in [6.07, 6.45) is 5.00. The van der Waals surface area contributed by atoms with Crippen LogP contribution in [-0.2, 0) is 0 Å². The molecule has 1 unspecified atom stereocenters. The summed E-state index contributed by atoms with van der Waals surface area (Å²) in [6.45, 7) is 4.43. The van der Waals surface area contributed by atoms with Gasteiger partial charge in [-0.2, -0.15) is 5.26 Å². The van der Waals surface area contributed by atoms with Gasteiger partial charge in [0, 0.05) is 13.1 Å². The Morgan fingerprint density at radius 3 is 2.42 bits per heavy atom. The second-order valence-electron chi connectivity index (χ2n) is 6.55. The molecular formula is C15H28N4. The lowest BCUT2D eigenvalue weighted by Crippen LogP contribution is -2.53. The predicted molar refractivity (Wildman–Crippen MR) is 77.8 cm³/mol. The van der Waals surface area contributed by atoms with Gasteiger partial charge in [0.05, 0.1) is 6.07 Å². The van der Waals surface area contributed by atoms with E-state index in [1.165, 1.54) is 38.8 Å². The minimum Gasteiger partial charge on any atom is -0.306 e. The van der Waals surface area contributed by atoms with Gasteiger partial charge < -0.3 is 15.1 Å². The molecule has 2 aliphatic rings. The van der Waals surface area contributed by atoms with E-state index in [2.05, 4.69) is 35.3 Å². The van der Waals surface area contributed by atoms with Crippen LogP contribution in [0.5, 0.6) is 0 Å². The molecule has 0 aromatic carbocycles. The fourth-order valence-electron chi connectivity index (χ4n) is 3.35. The van der Waals surface area contributed by atoms with Gasteiger partial charge in [0.25, 0.3) is 0 Å². The fraction of sp³-hybridized carbons (Fsp3) is 0.933. The van der Waals surface area contributed by atoms with E-state index in [-0.39, 0.29) is 5.54 Å². The quantitative estimate of drug-likeness (QED) is 0.781. The fourth-order valence-corrected chi connectivity index (χ4v) is 3.35. The number of hydrogen-bond acceptors (Lipinski definition) is 4. The zero-order valence-electron chi connectivity index (χ0n) is 12.7. The highest BCUT2D eigenvalue weighted by atomic mass is 15.2. The van der Waals surface area contributed by atoms with Gasteiger partial charge in [-0.15, -0.1) is 0 Å². The maximum absolute atomic E-state index is 9.53. The van der Waals surface area contributed by atoms with Crippen molar-refractivity contribution in [2.45, 2.75) is 31.2 Å². The molecule has 1 atom stereocenters. The van der Waals surface area contributed by atoms with Crippen LogP contribution < -0.4 is 5.32 Å². The summed E-state index contributed by atoms with van der Waals surface area (Å²) in [4.78, 5) is 4.78. The highest BCUT2D eigenvalue weighted by molar-refractivity contribution is 5.16. The second kappa shape index (κ2) is 6.21. The zero-order valence-corrected chi connectivity index (χ0v) is 12.7. The molecule has 19 heavy (non-hydrogen) atoms. The van der Waals surface area contributed by atoms with Crippen molar-refractivity contribution in [1.29, 1.82) is 5.26 Å². The molecule has 1 aliphatic heterocycles. The number of rotatable bonds is 6. The summed E-state index contributed by atoms with van der Waals surface area (Å²) < 4.78 is 0. The molecule has 0 radical (unpaired) electrons. The smallest absolute Gasteiger partial charge is 0.122 e. The Morgan fingerprint density at radius 1 is 1.32 bits per heavy atom. The molecule has 0 amide bonds. The molecule has 1 N–H and O–H groups in total. The van der Waals surface area contributed by atoms with Crippen molar-refractivity contribution in [3.8, 4) is 6.07 Å². The first-order chi connectivity index (χ1) is 9.09. The molecule has 1 saturated carbocycles. The third-order valence-electron chi connectivity index (χ3n) is 4.85. The molecule has 4 nitrogen and oxygen atoms in total. The van der Waals surface area contributed by atoms with Crippen molar-refractivity contribution < 1.29 is 0 Å². The molecule has 0 spiro atoms. The van der Waals surface area contributed by atoms with Gasteiger partial charge >= 0.3 is 0 Å². The van der Waals surface area contributed by atoms with Crippen molar-refractivity contribution in [1.82, 2.24) is 15.1 Å². The molecule has 2 fully saturated rings. The van der Waals surface area contributed by atoms with Gasteiger partial charge in [-0.05, 0) is 71.8 Å². The first-order valence-electron chi connectivity index (χ1n) is 7.57. The third-order valence-corrected chi connectivity index (χ3v) is 4.85. The molecule has 0 bridgehead atoms. The van der Waals surface area contributed by atoms with E-state index < -0.39 is 0 Å². The van der Waals surface area contributed by atoms with E-state index in [4.69, 9.17) is 0 Å². The highest BCUT2D eigenvalue weighted by Crippen LogP contribution is 2.39. The zero-order chi connectivity index (χ0) is 13.9. The summed E-state index contributed by atoms with van der Waals surface area (Å²) in [5, 5.41) is 12.8. The predicted octanol–water partition coefficient (Wildman–Crippen LogP) is 1.15. The SMILES string of the molecule is CNC(C#N)(CN(C)CC1CCN(C)CC1)C1CC1. The lowest BCUT2D eigenvalue weighted by atomic mass is 9.92. The maximum Gasteiger partial charge on any atom is 0.122 e. The molecule has 0 aromatic heterocycles. The molecule has 108 valence electrons. The second-order valence-corrected chi connectivity index (χ2v) is 6.55.